The highest BCUT2D eigenvalue weighted by atomic mass is 35.5. The molecule has 2 aromatic rings. The lowest BCUT2D eigenvalue weighted by Crippen LogP contribution is -2.51. The van der Waals surface area contributed by atoms with Crippen molar-refractivity contribution in [1.82, 2.24) is 4.98 Å². The molecule has 2 aromatic heterocycles. The van der Waals surface area contributed by atoms with Crippen molar-refractivity contribution in [3.63, 3.8) is 0 Å². The minimum Gasteiger partial charge on any atom is -0.453 e. The van der Waals surface area contributed by atoms with Crippen LogP contribution in [0.5, 0.6) is 0 Å². The van der Waals surface area contributed by atoms with Gasteiger partial charge in [0.25, 0.3) is 5.92 Å². The highest BCUT2D eigenvalue weighted by Crippen LogP contribution is 2.57. The summed E-state index contributed by atoms with van der Waals surface area (Å²) in [4.78, 5) is 16.8. The summed E-state index contributed by atoms with van der Waals surface area (Å²) in [6, 6.07) is 3.46. The average Bonchev–Trinajstić information content (AvgIpc) is 2.63. The van der Waals surface area contributed by atoms with E-state index in [-0.39, 0.29) is 0 Å². The Labute approximate surface area is 128 Å². The summed E-state index contributed by atoms with van der Waals surface area (Å²) in [5.41, 5.74) is -0.423. The number of fused-ring (bicyclic) bond motifs is 1. The van der Waals surface area contributed by atoms with Crippen molar-refractivity contribution in [2.75, 3.05) is 0 Å². The first-order valence-corrected chi connectivity index (χ1v) is 7.55. The Morgan fingerprint density at radius 2 is 2.10 bits per heavy atom. The molecule has 1 aliphatic carbocycles. The van der Waals surface area contributed by atoms with Gasteiger partial charge in [-0.05, 0) is 24.6 Å². The van der Waals surface area contributed by atoms with Gasteiger partial charge >= 0.3 is 5.97 Å². The van der Waals surface area contributed by atoms with Crippen molar-refractivity contribution >= 4 is 39.1 Å². The molecular formula is C14H12ClF2NO2S. The first-order valence-electron chi connectivity index (χ1n) is 6.36. The molecule has 2 heterocycles. The van der Waals surface area contributed by atoms with Crippen molar-refractivity contribution in [3.8, 4) is 0 Å². The summed E-state index contributed by atoms with van der Waals surface area (Å²) in [5, 5.41) is 1.19. The zero-order valence-corrected chi connectivity index (χ0v) is 12.9. The number of aryl methyl sites for hydroxylation is 1. The lowest BCUT2D eigenvalue weighted by Gasteiger charge is -2.45. The van der Waals surface area contributed by atoms with Crippen LogP contribution in [0, 0.1) is 6.92 Å². The second-order valence-corrected chi connectivity index (χ2v) is 6.73. The van der Waals surface area contributed by atoms with Crippen LogP contribution >= 0.6 is 22.9 Å². The molecule has 0 atom stereocenters. The molecule has 0 aromatic carbocycles. The molecule has 1 fully saturated rings. The third-order valence-corrected chi connectivity index (χ3v) is 5.21. The van der Waals surface area contributed by atoms with Crippen molar-refractivity contribution in [1.29, 1.82) is 0 Å². The molecule has 21 heavy (non-hydrogen) atoms. The molecule has 0 N–H and O–H groups in total. The van der Waals surface area contributed by atoms with E-state index in [2.05, 4.69) is 4.98 Å². The third-order valence-electron chi connectivity index (χ3n) is 3.61. The largest absolute Gasteiger partial charge is 0.453 e. The molecule has 0 bridgehead atoms. The van der Waals surface area contributed by atoms with Gasteiger partial charge in [-0.1, -0.05) is 11.6 Å². The highest BCUT2D eigenvalue weighted by Gasteiger charge is 2.61. The number of halogens is 3. The van der Waals surface area contributed by atoms with Gasteiger partial charge in [-0.2, -0.15) is 0 Å². The number of nitrogens with zero attached hydrogens (tertiary/aromatic N) is 1. The molecule has 3 nitrogen and oxygen atoms in total. The number of carbonyl (C=O) groups excluding carboxylic acids is 1. The first-order chi connectivity index (χ1) is 9.72. The summed E-state index contributed by atoms with van der Waals surface area (Å²) in [6.07, 6.45) is -0.970. The number of esters is 1. The number of aromatic nitrogens is 1. The number of thiophene rings is 1. The van der Waals surface area contributed by atoms with Crippen LogP contribution in [0.1, 0.15) is 30.2 Å². The fourth-order valence-electron chi connectivity index (χ4n) is 2.85. The van der Waals surface area contributed by atoms with E-state index in [1.165, 1.54) is 18.3 Å². The molecular weight excluding hydrogens is 320 g/mol. The maximum Gasteiger partial charge on any atom is 0.303 e. The standard InChI is InChI=1S/C14H12ClF2NO2S/c1-7-9-3-4-10(15)18-12(9)21-11(7)13(20-8(2)19)5-14(16,17)6-13/h3-4H,5-6H2,1-2H3. The SMILES string of the molecule is CC(=O)OC1(c2sc3nc(Cl)ccc3c2C)CC(F)(F)C1. The van der Waals surface area contributed by atoms with Crippen LogP contribution in [0.3, 0.4) is 0 Å². The summed E-state index contributed by atoms with van der Waals surface area (Å²) in [7, 11) is 0. The maximum absolute atomic E-state index is 13.4. The number of ether oxygens (including phenoxy) is 1. The number of hydrogen-bond donors (Lipinski definition) is 0. The molecule has 1 aliphatic rings. The number of carbonyl (C=O) groups is 1. The highest BCUT2D eigenvalue weighted by molar-refractivity contribution is 7.19. The fraction of sp³-hybridized carbons (Fsp3) is 0.429. The number of pyridine rings is 1. The summed E-state index contributed by atoms with van der Waals surface area (Å²) in [5.74, 6) is -3.36. The lowest BCUT2D eigenvalue weighted by atomic mass is 9.74. The van der Waals surface area contributed by atoms with Gasteiger partial charge in [0, 0.05) is 12.3 Å². The Morgan fingerprint density at radius 3 is 2.67 bits per heavy atom. The van der Waals surface area contributed by atoms with Gasteiger partial charge in [0.2, 0.25) is 0 Å². The summed E-state index contributed by atoms with van der Waals surface area (Å²) in [6.45, 7) is 3.06. The first kappa shape index (κ1) is 14.7. The van der Waals surface area contributed by atoms with E-state index in [0.717, 1.165) is 10.9 Å². The molecule has 3 rings (SSSR count). The van der Waals surface area contributed by atoms with Gasteiger partial charge in [-0.3, -0.25) is 4.79 Å². The van der Waals surface area contributed by atoms with E-state index in [0.29, 0.717) is 14.9 Å². The Bertz CT molecular complexity index is 736. The predicted octanol–water partition coefficient (Wildman–Crippen LogP) is 4.45. The second-order valence-electron chi connectivity index (χ2n) is 5.34. The van der Waals surface area contributed by atoms with Crippen molar-refractivity contribution in [2.45, 2.75) is 38.2 Å². The molecule has 0 amide bonds. The van der Waals surface area contributed by atoms with Crippen molar-refractivity contribution < 1.29 is 18.3 Å². The lowest BCUT2D eigenvalue weighted by molar-refractivity contribution is -0.228. The van der Waals surface area contributed by atoms with E-state index in [1.807, 2.05) is 6.92 Å². The number of rotatable bonds is 2. The molecule has 112 valence electrons. The van der Waals surface area contributed by atoms with E-state index >= 15 is 0 Å². The normalized spacial score (nSPS) is 19.3. The zero-order chi connectivity index (χ0) is 15.4. The van der Waals surface area contributed by atoms with E-state index in [1.54, 1.807) is 12.1 Å². The monoisotopic (exact) mass is 331 g/mol. The quantitative estimate of drug-likeness (QED) is 0.603. The Hall–Kier alpha value is -1.27. The summed E-state index contributed by atoms with van der Waals surface area (Å²) >= 11 is 7.12. The van der Waals surface area contributed by atoms with Crippen LogP contribution in [0.15, 0.2) is 12.1 Å². The molecule has 0 unspecified atom stereocenters. The fourth-order valence-corrected chi connectivity index (χ4v) is 4.35. The minimum absolute atomic E-state index is 0.343. The van der Waals surface area contributed by atoms with Crippen LogP contribution in [-0.2, 0) is 15.1 Å². The van der Waals surface area contributed by atoms with Gasteiger partial charge in [0.15, 0.2) is 5.60 Å². The van der Waals surface area contributed by atoms with Crippen molar-refractivity contribution in [2.24, 2.45) is 0 Å². The maximum atomic E-state index is 13.4. The van der Waals surface area contributed by atoms with Gasteiger partial charge in [-0.25, -0.2) is 13.8 Å². The predicted molar refractivity (Wildman–Crippen MR) is 77.0 cm³/mol. The van der Waals surface area contributed by atoms with Crippen LogP contribution < -0.4 is 0 Å². The van der Waals surface area contributed by atoms with Crippen LogP contribution in [0.2, 0.25) is 5.15 Å². The van der Waals surface area contributed by atoms with Gasteiger partial charge < -0.3 is 4.74 Å². The Morgan fingerprint density at radius 1 is 1.43 bits per heavy atom. The Kier molecular flexibility index (Phi) is 3.22. The van der Waals surface area contributed by atoms with Gasteiger partial charge in [0.05, 0.1) is 17.7 Å². The molecule has 7 heteroatoms. The molecule has 0 spiro atoms. The Balaban J connectivity index is 2.12. The zero-order valence-electron chi connectivity index (χ0n) is 11.4. The van der Waals surface area contributed by atoms with E-state index in [4.69, 9.17) is 16.3 Å². The third kappa shape index (κ3) is 2.40. The summed E-state index contributed by atoms with van der Waals surface area (Å²) < 4.78 is 32.1. The number of hydrogen-bond acceptors (Lipinski definition) is 4. The average molecular weight is 332 g/mol. The van der Waals surface area contributed by atoms with Crippen LogP contribution in [-0.4, -0.2) is 16.9 Å². The molecule has 0 radical (unpaired) electrons. The number of alkyl halides is 2. The minimum atomic E-state index is -2.80. The van der Waals surface area contributed by atoms with Gasteiger partial charge in [0.1, 0.15) is 9.98 Å². The van der Waals surface area contributed by atoms with E-state index in [9.17, 15) is 13.6 Å². The topological polar surface area (TPSA) is 39.2 Å². The van der Waals surface area contributed by atoms with Crippen LogP contribution in [0.25, 0.3) is 10.2 Å². The van der Waals surface area contributed by atoms with E-state index < -0.39 is 30.3 Å². The molecule has 0 saturated heterocycles. The van der Waals surface area contributed by atoms with Gasteiger partial charge in [-0.15, -0.1) is 11.3 Å². The molecule has 1 saturated carbocycles. The molecule has 0 aliphatic heterocycles. The van der Waals surface area contributed by atoms with Crippen molar-refractivity contribution in [3.05, 3.63) is 27.7 Å². The smallest absolute Gasteiger partial charge is 0.303 e. The second kappa shape index (κ2) is 4.61. The van der Waals surface area contributed by atoms with Crippen LogP contribution in [0.4, 0.5) is 8.78 Å².